The molecule has 3 nitrogen and oxygen atoms in total. The highest BCUT2D eigenvalue weighted by molar-refractivity contribution is 5.15. The largest absolute Gasteiger partial charge is 0.468 e. The predicted octanol–water partition coefficient (Wildman–Crippen LogP) is 2.09. The minimum Gasteiger partial charge on any atom is -0.468 e. The average Bonchev–Trinajstić information content (AvgIpc) is 2.61. The first-order valence-corrected chi connectivity index (χ1v) is 4.77. The van der Waals surface area contributed by atoms with Crippen LogP contribution in [0.2, 0.25) is 0 Å². The second-order valence-corrected chi connectivity index (χ2v) is 3.03. The first-order valence-electron chi connectivity index (χ1n) is 4.77. The quantitative estimate of drug-likeness (QED) is 0.534. The highest BCUT2D eigenvalue weighted by atomic mass is 16.5. The molecule has 0 aliphatic rings. The summed E-state index contributed by atoms with van der Waals surface area (Å²) in [6, 6.07) is 1.95. The van der Waals surface area contributed by atoms with Crippen LogP contribution in [0.1, 0.15) is 17.7 Å². The second-order valence-electron chi connectivity index (χ2n) is 3.03. The van der Waals surface area contributed by atoms with E-state index in [0.29, 0.717) is 13.2 Å². The monoisotopic (exact) mass is 195 g/mol. The van der Waals surface area contributed by atoms with Crippen LogP contribution in [0.5, 0.6) is 0 Å². The van der Waals surface area contributed by atoms with Gasteiger partial charge in [-0.1, -0.05) is 6.08 Å². The first-order chi connectivity index (χ1) is 6.88. The van der Waals surface area contributed by atoms with Crippen molar-refractivity contribution in [1.29, 1.82) is 0 Å². The lowest BCUT2D eigenvalue weighted by Crippen LogP contribution is -2.06. The van der Waals surface area contributed by atoms with Gasteiger partial charge in [0.1, 0.15) is 5.76 Å². The van der Waals surface area contributed by atoms with Crippen LogP contribution >= 0.6 is 0 Å². The molecule has 3 heteroatoms. The van der Waals surface area contributed by atoms with Crippen molar-refractivity contribution in [2.24, 2.45) is 0 Å². The summed E-state index contributed by atoms with van der Waals surface area (Å²) in [6.07, 6.45) is 4.43. The first kappa shape index (κ1) is 11.0. The highest BCUT2D eigenvalue weighted by Gasteiger charge is 2.04. The molecule has 0 spiro atoms. The predicted molar refractivity (Wildman–Crippen MR) is 55.9 cm³/mol. The van der Waals surface area contributed by atoms with Crippen molar-refractivity contribution in [1.82, 2.24) is 5.32 Å². The van der Waals surface area contributed by atoms with Crippen molar-refractivity contribution in [2.45, 2.75) is 19.6 Å². The van der Waals surface area contributed by atoms with E-state index in [1.54, 1.807) is 6.26 Å². The third-order valence-corrected chi connectivity index (χ3v) is 1.90. The number of ether oxygens (including phenoxy) is 1. The molecular formula is C11H17NO2. The molecule has 0 amide bonds. The molecular weight excluding hydrogens is 178 g/mol. The van der Waals surface area contributed by atoms with Crippen LogP contribution in [0.25, 0.3) is 0 Å². The van der Waals surface area contributed by atoms with Crippen LogP contribution in [-0.2, 0) is 17.9 Å². The van der Waals surface area contributed by atoms with Crippen molar-refractivity contribution in [2.75, 3.05) is 13.7 Å². The number of hydrogen-bond donors (Lipinski definition) is 1. The van der Waals surface area contributed by atoms with Crippen LogP contribution in [0, 0.1) is 0 Å². The summed E-state index contributed by atoms with van der Waals surface area (Å²) in [7, 11) is 1.89. The summed E-state index contributed by atoms with van der Waals surface area (Å²) in [5.74, 6) is 0.950. The van der Waals surface area contributed by atoms with Gasteiger partial charge < -0.3 is 14.5 Å². The average molecular weight is 195 g/mol. The van der Waals surface area contributed by atoms with Crippen molar-refractivity contribution in [3.05, 3.63) is 36.3 Å². The highest BCUT2D eigenvalue weighted by Crippen LogP contribution is 2.11. The Kier molecular flexibility index (Phi) is 5.04. The van der Waals surface area contributed by atoms with Gasteiger partial charge in [0, 0.05) is 5.56 Å². The fourth-order valence-electron chi connectivity index (χ4n) is 1.16. The molecule has 14 heavy (non-hydrogen) atoms. The van der Waals surface area contributed by atoms with E-state index >= 15 is 0 Å². The van der Waals surface area contributed by atoms with Crippen LogP contribution in [0.3, 0.4) is 0 Å². The standard InChI is InChI=1S/C11H17NO2/c1-3-4-6-13-9-10-5-7-14-11(10)8-12-2/h3,5,7,12H,1,4,6,8-9H2,2H3. The molecule has 0 atom stereocenters. The van der Waals surface area contributed by atoms with E-state index in [0.717, 1.165) is 24.3 Å². The summed E-state index contributed by atoms with van der Waals surface area (Å²) < 4.78 is 10.7. The minimum atomic E-state index is 0.612. The SMILES string of the molecule is C=CCCOCc1ccoc1CNC. The van der Waals surface area contributed by atoms with Gasteiger partial charge in [0.2, 0.25) is 0 Å². The molecule has 78 valence electrons. The van der Waals surface area contributed by atoms with E-state index in [4.69, 9.17) is 9.15 Å². The van der Waals surface area contributed by atoms with Gasteiger partial charge in [-0.25, -0.2) is 0 Å². The van der Waals surface area contributed by atoms with Crippen molar-refractivity contribution < 1.29 is 9.15 Å². The molecule has 0 aliphatic heterocycles. The Bertz CT molecular complexity index is 268. The van der Waals surface area contributed by atoms with E-state index in [9.17, 15) is 0 Å². The van der Waals surface area contributed by atoms with Crippen LogP contribution in [-0.4, -0.2) is 13.7 Å². The fourth-order valence-corrected chi connectivity index (χ4v) is 1.16. The maximum atomic E-state index is 5.45. The molecule has 0 unspecified atom stereocenters. The summed E-state index contributed by atoms with van der Waals surface area (Å²) in [4.78, 5) is 0. The molecule has 0 aromatic carbocycles. The van der Waals surface area contributed by atoms with Gasteiger partial charge >= 0.3 is 0 Å². The zero-order valence-electron chi connectivity index (χ0n) is 8.58. The summed E-state index contributed by atoms with van der Waals surface area (Å²) in [5, 5.41) is 3.05. The van der Waals surface area contributed by atoms with Crippen LogP contribution in [0.4, 0.5) is 0 Å². The minimum absolute atomic E-state index is 0.612. The van der Waals surface area contributed by atoms with E-state index in [1.165, 1.54) is 0 Å². The number of rotatable bonds is 7. The molecule has 1 aromatic rings. The molecule has 0 aliphatic carbocycles. The molecule has 0 radical (unpaired) electrons. The van der Waals surface area contributed by atoms with E-state index in [2.05, 4.69) is 11.9 Å². The number of hydrogen-bond acceptors (Lipinski definition) is 3. The van der Waals surface area contributed by atoms with E-state index < -0.39 is 0 Å². The summed E-state index contributed by atoms with van der Waals surface area (Å²) in [6.45, 7) is 5.71. The smallest absolute Gasteiger partial charge is 0.123 e. The van der Waals surface area contributed by atoms with E-state index in [1.807, 2.05) is 19.2 Å². The van der Waals surface area contributed by atoms with Gasteiger partial charge in [-0.05, 0) is 19.5 Å². The molecule has 0 bridgehead atoms. The van der Waals surface area contributed by atoms with Gasteiger partial charge in [-0.2, -0.15) is 0 Å². The number of nitrogens with one attached hydrogen (secondary N) is 1. The molecule has 1 heterocycles. The normalized spacial score (nSPS) is 10.4. The van der Waals surface area contributed by atoms with Gasteiger partial charge in [0.05, 0.1) is 26.0 Å². The maximum Gasteiger partial charge on any atom is 0.123 e. The second kappa shape index (κ2) is 6.40. The Morgan fingerprint density at radius 2 is 2.50 bits per heavy atom. The molecule has 1 N–H and O–H groups in total. The molecule has 1 aromatic heterocycles. The van der Waals surface area contributed by atoms with Crippen molar-refractivity contribution >= 4 is 0 Å². The lowest BCUT2D eigenvalue weighted by Gasteiger charge is -2.02. The van der Waals surface area contributed by atoms with Crippen molar-refractivity contribution in [3.8, 4) is 0 Å². The Morgan fingerprint density at radius 1 is 1.64 bits per heavy atom. The zero-order chi connectivity index (χ0) is 10.2. The third kappa shape index (κ3) is 3.36. The number of furan rings is 1. The molecule has 0 fully saturated rings. The van der Waals surface area contributed by atoms with Gasteiger partial charge in [-0.3, -0.25) is 0 Å². The Labute approximate surface area is 84.8 Å². The Hall–Kier alpha value is -1.06. The lowest BCUT2D eigenvalue weighted by atomic mass is 10.2. The van der Waals surface area contributed by atoms with Gasteiger partial charge in [0.15, 0.2) is 0 Å². The summed E-state index contributed by atoms with van der Waals surface area (Å²) >= 11 is 0. The van der Waals surface area contributed by atoms with Crippen LogP contribution < -0.4 is 5.32 Å². The van der Waals surface area contributed by atoms with Gasteiger partial charge in [-0.15, -0.1) is 6.58 Å². The van der Waals surface area contributed by atoms with Crippen molar-refractivity contribution in [3.63, 3.8) is 0 Å². The molecule has 0 saturated heterocycles. The lowest BCUT2D eigenvalue weighted by molar-refractivity contribution is 0.124. The van der Waals surface area contributed by atoms with Gasteiger partial charge in [0.25, 0.3) is 0 Å². The Balaban J connectivity index is 2.33. The van der Waals surface area contributed by atoms with E-state index in [-0.39, 0.29) is 0 Å². The fraction of sp³-hybridized carbons (Fsp3) is 0.455. The molecule has 1 rings (SSSR count). The maximum absolute atomic E-state index is 5.45. The molecule has 0 saturated carbocycles. The van der Waals surface area contributed by atoms with Crippen LogP contribution in [0.15, 0.2) is 29.4 Å². The topological polar surface area (TPSA) is 34.4 Å². The zero-order valence-corrected chi connectivity index (χ0v) is 8.58. The third-order valence-electron chi connectivity index (χ3n) is 1.90. The Morgan fingerprint density at radius 3 is 3.21 bits per heavy atom. The summed E-state index contributed by atoms with van der Waals surface area (Å²) in [5.41, 5.74) is 1.11.